The van der Waals surface area contributed by atoms with E-state index in [9.17, 15) is 4.79 Å². The summed E-state index contributed by atoms with van der Waals surface area (Å²) in [5.74, 6) is 0.746. The van der Waals surface area contributed by atoms with Crippen LogP contribution in [0.25, 0.3) is 0 Å². The molecule has 0 aliphatic carbocycles. The van der Waals surface area contributed by atoms with Gasteiger partial charge in [-0.1, -0.05) is 0 Å². The molecular formula is C15H16N2O2. The van der Waals surface area contributed by atoms with Crippen molar-refractivity contribution in [1.29, 1.82) is 0 Å². The van der Waals surface area contributed by atoms with Crippen LogP contribution in [0.4, 0.5) is 0 Å². The lowest BCUT2D eigenvalue weighted by molar-refractivity contribution is 0.0734. The maximum Gasteiger partial charge on any atom is 0.257 e. The zero-order chi connectivity index (χ0) is 13.2. The van der Waals surface area contributed by atoms with Crippen molar-refractivity contribution in [2.45, 2.75) is 25.8 Å². The molecule has 1 fully saturated rings. The number of hydrogen-bond donors (Lipinski definition) is 0. The molecule has 1 atom stereocenters. The summed E-state index contributed by atoms with van der Waals surface area (Å²) in [6, 6.07) is 5.88. The van der Waals surface area contributed by atoms with E-state index in [1.807, 2.05) is 24.0 Å². The number of carbonyl (C=O) groups is 1. The Morgan fingerprint density at radius 3 is 2.84 bits per heavy atom. The van der Waals surface area contributed by atoms with Crippen molar-refractivity contribution in [3.63, 3.8) is 0 Å². The van der Waals surface area contributed by atoms with Gasteiger partial charge in [0.1, 0.15) is 5.76 Å². The van der Waals surface area contributed by atoms with E-state index in [2.05, 4.69) is 4.98 Å². The second kappa shape index (κ2) is 4.88. The Balaban J connectivity index is 1.88. The summed E-state index contributed by atoms with van der Waals surface area (Å²) in [4.78, 5) is 18.5. The van der Waals surface area contributed by atoms with E-state index in [4.69, 9.17) is 4.42 Å². The fraction of sp³-hybridized carbons (Fsp3) is 0.333. The van der Waals surface area contributed by atoms with E-state index < -0.39 is 0 Å². The summed E-state index contributed by atoms with van der Waals surface area (Å²) in [6.07, 6.45) is 7.17. The molecule has 1 aliphatic heterocycles. The third-order valence-electron chi connectivity index (χ3n) is 3.69. The maximum atomic E-state index is 12.6. The predicted molar refractivity (Wildman–Crippen MR) is 70.7 cm³/mol. The number of hydrogen-bond acceptors (Lipinski definition) is 3. The number of likely N-dealkylation sites (tertiary alicyclic amines) is 1. The van der Waals surface area contributed by atoms with Crippen molar-refractivity contribution in [2.75, 3.05) is 6.54 Å². The van der Waals surface area contributed by atoms with Gasteiger partial charge in [-0.25, -0.2) is 0 Å². The molecule has 19 heavy (non-hydrogen) atoms. The van der Waals surface area contributed by atoms with Gasteiger partial charge >= 0.3 is 0 Å². The number of rotatable bonds is 2. The van der Waals surface area contributed by atoms with Crippen LogP contribution in [0.2, 0.25) is 0 Å². The molecule has 2 aromatic rings. The number of aryl methyl sites for hydroxylation is 1. The third-order valence-corrected chi connectivity index (χ3v) is 3.69. The van der Waals surface area contributed by atoms with Gasteiger partial charge < -0.3 is 9.32 Å². The summed E-state index contributed by atoms with van der Waals surface area (Å²) < 4.78 is 5.23. The van der Waals surface area contributed by atoms with Crippen LogP contribution < -0.4 is 0 Å². The molecule has 3 heterocycles. The molecule has 98 valence electrons. The molecule has 4 nitrogen and oxygen atoms in total. The SMILES string of the molecule is Cc1occc1C(=O)N1CCCC1c1ccncc1. The van der Waals surface area contributed by atoms with Crippen LogP contribution in [0.1, 0.15) is 40.6 Å². The van der Waals surface area contributed by atoms with Gasteiger partial charge in [-0.15, -0.1) is 0 Å². The zero-order valence-electron chi connectivity index (χ0n) is 10.9. The van der Waals surface area contributed by atoms with Crippen molar-refractivity contribution < 1.29 is 9.21 Å². The van der Waals surface area contributed by atoms with Crippen molar-refractivity contribution >= 4 is 5.91 Å². The van der Waals surface area contributed by atoms with Gasteiger partial charge in [-0.05, 0) is 43.5 Å². The number of furan rings is 1. The van der Waals surface area contributed by atoms with E-state index in [0.29, 0.717) is 11.3 Å². The second-order valence-corrected chi connectivity index (χ2v) is 4.83. The van der Waals surface area contributed by atoms with Crippen LogP contribution in [0.15, 0.2) is 41.3 Å². The number of nitrogens with zero attached hydrogens (tertiary/aromatic N) is 2. The van der Waals surface area contributed by atoms with Crippen molar-refractivity contribution in [1.82, 2.24) is 9.88 Å². The van der Waals surface area contributed by atoms with Crippen molar-refractivity contribution in [3.8, 4) is 0 Å². The van der Waals surface area contributed by atoms with E-state index in [1.165, 1.54) is 0 Å². The molecule has 1 aliphatic rings. The Morgan fingerprint density at radius 2 is 2.16 bits per heavy atom. The van der Waals surface area contributed by atoms with E-state index in [0.717, 1.165) is 24.9 Å². The number of carbonyl (C=O) groups excluding carboxylic acids is 1. The maximum absolute atomic E-state index is 12.6. The molecule has 1 amide bonds. The van der Waals surface area contributed by atoms with Crippen LogP contribution in [-0.4, -0.2) is 22.3 Å². The van der Waals surface area contributed by atoms with Crippen LogP contribution in [-0.2, 0) is 0 Å². The summed E-state index contributed by atoms with van der Waals surface area (Å²) >= 11 is 0. The molecule has 4 heteroatoms. The lowest BCUT2D eigenvalue weighted by Crippen LogP contribution is -2.30. The summed E-state index contributed by atoms with van der Waals surface area (Å²) in [7, 11) is 0. The average Bonchev–Trinajstić information content (AvgIpc) is 3.07. The minimum absolute atomic E-state index is 0.0607. The number of aromatic nitrogens is 1. The third kappa shape index (κ3) is 2.14. The Labute approximate surface area is 112 Å². The highest BCUT2D eigenvalue weighted by Gasteiger charge is 2.31. The number of pyridine rings is 1. The molecule has 0 N–H and O–H groups in total. The molecule has 1 unspecified atom stereocenters. The molecule has 0 bridgehead atoms. The van der Waals surface area contributed by atoms with Crippen LogP contribution in [0.5, 0.6) is 0 Å². The first kappa shape index (κ1) is 12.0. The van der Waals surface area contributed by atoms with Crippen LogP contribution >= 0.6 is 0 Å². The van der Waals surface area contributed by atoms with Gasteiger partial charge in [0, 0.05) is 18.9 Å². The standard InChI is InChI=1S/C15H16N2O2/c1-11-13(6-10-19-11)15(18)17-9-2-3-14(17)12-4-7-16-8-5-12/h4-8,10,14H,2-3,9H2,1H3. The number of amides is 1. The largest absolute Gasteiger partial charge is 0.469 e. The Morgan fingerprint density at radius 1 is 1.37 bits per heavy atom. The molecule has 0 spiro atoms. The second-order valence-electron chi connectivity index (χ2n) is 4.83. The molecule has 3 rings (SSSR count). The summed E-state index contributed by atoms with van der Waals surface area (Å²) in [6.45, 7) is 2.63. The Kier molecular flexibility index (Phi) is 3.07. The first-order valence-corrected chi connectivity index (χ1v) is 6.52. The monoisotopic (exact) mass is 256 g/mol. The van der Waals surface area contributed by atoms with Gasteiger partial charge in [0.15, 0.2) is 0 Å². The Bertz CT molecular complexity index is 577. The highest BCUT2D eigenvalue weighted by atomic mass is 16.3. The molecule has 0 saturated carbocycles. The van der Waals surface area contributed by atoms with Gasteiger partial charge in [0.05, 0.1) is 17.9 Å². The lowest BCUT2D eigenvalue weighted by atomic mass is 10.1. The minimum atomic E-state index is 0.0607. The van der Waals surface area contributed by atoms with Crippen LogP contribution in [0.3, 0.4) is 0 Å². The smallest absolute Gasteiger partial charge is 0.257 e. The molecule has 2 aromatic heterocycles. The molecule has 0 aromatic carbocycles. The van der Waals surface area contributed by atoms with Gasteiger partial charge in [0.25, 0.3) is 5.91 Å². The predicted octanol–water partition coefficient (Wildman–Crippen LogP) is 2.96. The highest BCUT2D eigenvalue weighted by Crippen LogP contribution is 2.33. The fourth-order valence-corrected chi connectivity index (χ4v) is 2.70. The van der Waals surface area contributed by atoms with E-state index >= 15 is 0 Å². The average molecular weight is 256 g/mol. The fourth-order valence-electron chi connectivity index (χ4n) is 2.70. The highest BCUT2D eigenvalue weighted by molar-refractivity contribution is 5.95. The first-order valence-electron chi connectivity index (χ1n) is 6.52. The zero-order valence-corrected chi connectivity index (χ0v) is 10.9. The van der Waals surface area contributed by atoms with Gasteiger partial charge in [-0.2, -0.15) is 0 Å². The van der Waals surface area contributed by atoms with E-state index in [1.54, 1.807) is 24.7 Å². The summed E-state index contributed by atoms with van der Waals surface area (Å²) in [5.41, 5.74) is 1.82. The van der Waals surface area contributed by atoms with E-state index in [-0.39, 0.29) is 11.9 Å². The van der Waals surface area contributed by atoms with Gasteiger partial charge in [-0.3, -0.25) is 9.78 Å². The topological polar surface area (TPSA) is 46.3 Å². The van der Waals surface area contributed by atoms with Crippen molar-refractivity contribution in [3.05, 3.63) is 53.7 Å². The quantitative estimate of drug-likeness (QED) is 0.829. The summed E-state index contributed by atoms with van der Waals surface area (Å²) in [5, 5.41) is 0. The van der Waals surface area contributed by atoms with Gasteiger partial charge in [0.2, 0.25) is 0 Å². The molecule has 1 saturated heterocycles. The lowest BCUT2D eigenvalue weighted by Gasteiger charge is -2.24. The van der Waals surface area contributed by atoms with Crippen LogP contribution in [0, 0.1) is 6.92 Å². The molecule has 0 radical (unpaired) electrons. The van der Waals surface area contributed by atoms with Crippen molar-refractivity contribution in [2.24, 2.45) is 0 Å². The Hall–Kier alpha value is -2.10. The minimum Gasteiger partial charge on any atom is -0.469 e. The first-order chi connectivity index (χ1) is 9.27. The molecular weight excluding hydrogens is 240 g/mol. The normalized spacial score (nSPS) is 18.8.